The number of carbonyl (C=O) groups is 1. The minimum Gasteiger partial charge on any atom is -0.368 e. The van der Waals surface area contributed by atoms with Gasteiger partial charge in [0.1, 0.15) is 0 Å². The summed E-state index contributed by atoms with van der Waals surface area (Å²) < 4.78 is 40.4. The quantitative estimate of drug-likeness (QED) is 0.476. The van der Waals surface area contributed by atoms with Crippen LogP contribution in [-0.4, -0.2) is 56.3 Å². The van der Waals surface area contributed by atoms with Crippen molar-refractivity contribution in [2.45, 2.75) is 6.18 Å². The number of rotatable bonds is 3. The van der Waals surface area contributed by atoms with Crippen molar-refractivity contribution >= 4 is 58.3 Å². The zero-order valence-corrected chi connectivity index (χ0v) is 20.2. The molecule has 0 saturated carbocycles. The van der Waals surface area contributed by atoms with E-state index in [2.05, 4.69) is 9.80 Å². The van der Waals surface area contributed by atoms with Crippen LogP contribution in [0.15, 0.2) is 41.3 Å². The molecule has 176 valence electrons. The van der Waals surface area contributed by atoms with Crippen molar-refractivity contribution in [2.24, 2.45) is 0 Å². The summed E-state index contributed by atoms with van der Waals surface area (Å²) in [7, 11) is 2.01. The van der Waals surface area contributed by atoms with Crippen molar-refractivity contribution in [3.05, 3.63) is 62.5 Å². The molecule has 2 heterocycles. The molecule has 2 aromatic carbocycles. The van der Waals surface area contributed by atoms with Crippen molar-refractivity contribution in [3.63, 3.8) is 0 Å². The summed E-state index contributed by atoms with van der Waals surface area (Å²) in [5, 5.41) is 0.608. The highest BCUT2D eigenvalue weighted by Crippen LogP contribution is 2.39. The Bertz CT molecular complexity index is 1090. The lowest BCUT2D eigenvalue weighted by molar-refractivity contribution is -0.137. The Balaban J connectivity index is 1.73. The molecule has 2 aliphatic rings. The molecule has 10 heteroatoms. The summed E-state index contributed by atoms with van der Waals surface area (Å²) in [6.45, 7) is 3.44. The SMILES string of the molecule is CN1CCN(c2ccc(C(F)(F)F)cc2C=C2SCCN(c3cccc(Cl)c3Cl)C2=O)CC1. The molecule has 4 nitrogen and oxygen atoms in total. The lowest BCUT2D eigenvalue weighted by Crippen LogP contribution is -2.44. The third-order valence-electron chi connectivity index (χ3n) is 5.74. The van der Waals surface area contributed by atoms with E-state index in [9.17, 15) is 18.0 Å². The van der Waals surface area contributed by atoms with Gasteiger partial charge in [-0.1, -0.05) is 29.3 Å². The van der Waals surface area contributed by atoms with E-state index in [1.807, 2.05) is 7.05 Å². The smallest absolute Gasteiger partial charge is 0.368 e. The molecule has 0 aromatic heterocycles. The Labute approximate surface area is 204 Å². The standard InChI is InChI=1S/C23H22Cl2F3N3OS/c1-29-7-9-30(10-8-29)18-6-5-16(23(26,27)28)13-15(18)14-20-22(32)31(11-12-33-20)19-4-2-3-17(24)21(19)25/h2-6,13-14H,7-12H2,1H3. The lowest BCUT2D eigenvalue weighted by atomic mass is 10.1. The first-order valence-corrected chi connectivity index (χ1v) is 12.1. The van der Waals surface area contributed by atoms with Crippen LogP contribution in [0, 0.1) is 0 Å². The second-order valence-electron chi connectivity index (χ2n) is 7.95. The number of benzene rings is 2. The highest BCUT2D eigenvalue weighted by atomic mass is 35.5. The molecule has 2 aromatic rings. The van der Waals surface area contributed by atoms with Gasteiger partial charge in [-0.3, -0.25) is 4.79 Å². The molecular weight excluding hydrogens is 494 g/mol. The Morgan fingerprint density at radius 3 is 2.42 bits per heavy atom. The van der Waals surface area contributed by atoms with E-state index in [0.29, 0.717) is 52.3 Å². The van der Waals surface area contributed by atoms with Gasteiger partial charge in [-0.25, -0.2) is 0 Å². The number of thioether (sulfide) groups is 1. The Morgan fingerprint density at radius 1 is 1.00 bits per heavy atom. The van der Waals surface area contributed by atoms with E-state index in [1.54, 1.807) is 24.3 Å². The van der Waals surface area contributed by atoms with Crippen LogP contribution in [0.2, 0.25) is 10.0 Å². The van der Waals surface area contributed by atoms with E-state index in [1.165, 1.54) is 22.7 Å². The molecule has 0 radical (unpaired) electrons. The number of piperazine rings is 1. The predicted molar refractivity (Wildman–Crippen MR) is 130 cm³/mol. The second-order valence-corrected chi connectivity index (χ2v) is 9.87. The van der Waals surface area contributed by atoms with Gasteiger partial charge in [-0.05, 0) is 49.0 Å². The van der Waals surface area contributed by atoms with Crippen LogP contribution in [0.3, 0.4) is 0 Å². The summed E-state index contributed by atoms with van der Waals surface area (Å²) in [6.07, 6.45) is -2.90. The minimum atomic E-state index is -4.47. The molecule has 0 atom stereocenters. The molecule has 0 bridgehead atoms. The first-order valence-electron chi connectivity index (χ1n) is 10.4. The van der Waals surface area contributed by atoms with Gasteiger partial charge in [0.2, 0.25) is 0 Å². The maximum Gasteiger partial charge on any atom is 0.416 e. The van der Waals surface area contributed by atoms with E-state index >= 15 is 0 Å². The molecule has 0 spiro atoms. The van der Waals surface area contributed by atoms with Crippen LogP contribution in [0.4, 0.5) is 24.5 Å². The lowest BCUT2D eigenvalue weighted by Gasteiger charge is -2.35. The number of alkyl halides is 3. The molecule has 0 N–H and O–H groups in total. The van der Waals surface area contributed by atoms with E-state index in [4.69, 9.17) is 23.2 Å². The highest BCUT2D eigenvalue weighted by molar-refractivity contribution is 8.04. The number of carbonyl (C=O) groups excluding carboxylic acids is 1. The third kappa shape index (κ3) is 5.29. The number of likely N-dealkylation sites (N-methyl/N-ethyl adjacent to an activating group) is 1. The predicted octanol–water partition coefficient (Wildman–Crippen LogP) is 5.88. The summed E-state index contributed by atoms with van der Waals surface area (Å²) in [5.74, 6) is 0.278. The van der Waals surface area contributed by atoms with Crippen molar-refractivity contribution in [1.29, 1.82) is 0 Å². The summed E-state index contributed by atoms with van der Waals surface area (Å²) >= 11 is 13.8. The fourth-order valence-electron chi connectivity index (χ4n) is 3.90. The van der Waals surface area contributed by atoms with Crippen LogP contribution in [0.1, 0.15) is 11.1 Å². The Morgan fingerprint density at radius 2 is 1.73 bits per heavy atom. The first-order chi connectivity index (χ1) is 15.6. The van der Waals surface area contributed by atoms with Gasteiger partial charge in [-0.2, -0.15) is 13.2 Å². The van der Waals surface area contributed by atoms with Gasteiger partial charge in [0.05, 0.1) is 26.2 Å². The maximum absolute atomic E-state index is 13.5. The molecule has 1 amide bonds. The van der Waals surface area contributed by atoms with Crippen molar-refractivity contribution in [1.82, 2.24) is 4.90 Å². The van der Waals surface area contributed by atoms with Gasteiger partial charge in [0.25, 0.3) is 5.91 Å². The van der Waals surface area contributed by atoms with Gasteiger partial charge in [0.15, 0.2) is 0 Å². The van der Waals surface area contributed by atoms with Crippen molar-refractivity contribution in [2.75, 3.05) is 55.3 Å². The molecule has 4 rings (SSSR count). The van der Waals surface area contributed by atoms with Crippen molar-refractivity contribution < 1.29 is 18.0 Å². The fourth-order valence-corrected chi connectivity index (χ4v) is 5.24. The molecule has 2 saturated heterocycles. The number of hydrogen-bond acceptors (Lipinski definition) is 4. The Hall–Kier alpha value is -1.87. The average molecular weight is 516 g/mol. The van der Waals surface area contributed by atoms with E-state index in [0.717, 1.165) is 25.2 Å². The molecule has 2 fully saturated rings. The van der Waals surface area contributed by atoms with Gasteiger partial charge < -0.3 is 14.7 Å². The van der Waals surface area contributed by atoms with E-state index in [-0.39, 0.29) is 10.9 Å². The normalized spacial score (nSPS) is 19.5. The monoisotopic (exact) mass is 515 g/mol. The van der Waals surface area contributed by atoms with Crippen LogP contribution < -0.4 is 9.80 Å². The highest BCUT2D eigenvalue weighted by Gasteiger charge is 2.32. The summed E-state index contributed by atoms with van der Waals surface area (Å²) in [6, 6.07) is 8.78. The minimum absolute atomic E-state index is 0.274. The zero-order valence-electron chi connectivity index (χ0n) is 17.8. The second kappa shape index (κ2) is 9.78. The summed E-state index contributed by atoms with van der Waals surface area (Å²) in [5.41, 5.74) is 0.818. The number of anilines is 2. The largest absolute Gasteiger partial charge is 0.416 e. The van der Waals surface area contributed by atoms with Crippen molar-refractivity contribution in [3.8, 4) is 0 Å². The zero-order chi connectivity index (χ0) is 23.8. The van der Waals surface area contributed by atoms with Crippen LogP contribution in [0.25, 0.3) is 6.08 Å². The van der Waals surface area contributed by atoms with Crippen LogP contribution >= 0.6 is 35.0 Å². The number of amides is 1. The summed E-state index contributed by atoms with van der Waals surface area (Å²) in [4.78, 5) is 19.4. The number of halogens is 5. The van der Waals surface area contributed by atoms with Gasteiger partial charge in [-0.15, -0.1) is 11.8 Å². The molecule has 33 heavy (non-hydrogen) atoms. The van der Waals surface area contributed by atoms with Gasteiger partial charge >= 0.3 is 6.18 Å². The van der Waals surface area contributed by atoms with Crippen LogP contribution in [-0.2, 0) is 11.0 Å². The number of nitrogens with zero attached hydrogens (tertiary/aromatic N) is 3. The third-order valence-corrected chi connectivity index (χ3v) is 7.53. The maximum atomic E-state index is 13.5. The first kappa shape index (κ1) is 24.3. The number of hydrogen-bond donors (Lipinski definition) is 0. The van der Waals surface area contributed by atoms with Gasteiger partial charge in [0, 0.05) is 44.2 Å². The van der Waals surface area contributed by atoms with Crippen LogP contribution in [0.5, 0.6) is 0 Å². The van der Waals surface area contributed by atoms with E-state index < -0.39 is 11.7 Å². The Kier molecular flexibility index (Phi) is 7.19. The molecule has 0 aliphatic carbocycles. The molecular formula is C23H22Cl2F3N3OS. The molecule has 0 unspecified atom stereocenters. The molecule has 2 aliphatic heterocycles. The average Bonchev–Trinajstić information content (AvgIpc) is 2.77. The topological polar surface area (TPSA) is 26.8 Å². The fraction of sp³-hybridized carbons (Fsp3) is 0.348.